The van der Waals surface area contributed by atoms with Gasteiger partial charge in [-0.3, -0.25) is 14.4 Å². The Bertz CT molecular complexity index is 798. The van der Waals surface area contributed by atoms with Crippen molar-refractivity contribution < 1.29 is 28.6 Å². The largest absolute Gasteiger partial charge is 0.462 e. The summed E-state index contributed by atoms with van der Waals surface area (Å²) in [6.45, 7) is 9.00. The van der Waals surface area contributed by atoms with E-state index >= 15 is 0 Å². The van der Waals surface area contributed by atoms with E-state index in [4.69, 9.17) is 14.2 Å². The van der Waals surface area contributed by atoms with Crippen LogP contribution in [0.5, 0.6) is 0 Å². The molecular weight excluding hydrogens is 661 g/mol. The molecule has 0 bridgehead atoms. The summed E-state index contributed by atoms with van der Waals surface area (Å²) in [5, 5.41) is 0. The van der Waals surface area contributed by atoms with E-state index in [0.717, 1.165) is 63.7 Å². The van der Waals surface area contributed by atoms with Crippen molar-refractivity contribution in [2.75, 3.05) is 13.2 Å². The third kappa shape index (κ3) is 39.9. The van der Waals surface area contributed by atoms with Gasteiger partial charge in [-0.25, -0.2) is 0 Å². The summed E-state index contributed by atoms with van der Waals surface area (Å²) >= 11 is 0. The van der Waals surface area contributed by atoms with E-state index in [-0.39, 0.29) is 31.1 Å². The molecule has 1 unspecified atom stereocenters. The molecule has 6 nitrogen and oxygen atoms in total. The lowest BCUT2D eigenvalue weighted by Gasteiger charge is -2.18. The summed E-state index contributed by atoms with van der Waals surface area (Å²) in [4.78, 5) is 37.7. The smallest absolute Gasteiger partial charge is 0.306 e. The zero-order chi connectivity index (χ0) is 38.9. The van der Waals surface area contributed by atoms with Crippen LogP contribution in [0.15, 0.2) is 0 Å². The van der Waals surface area contributed by atoms with E-state index in [1.807, 2.05) is 0 Å². The molecule has 0 spiro atoms. The molecule has 0 saturated carbocycles. The second-order valence-electron chi connectivity index (χ2n) is 16.3. The molecule has 0 N–H and O–H groups in total. The van der Waals surface area contributed by atoms with Crippen LogP contribution < -0.4 is 0 Å². The Morgan fingerprint density at radius 3 is 0.981 bits per heavy atom. The van der Waals surface area contributed by atoms with Crippen molar-refractivity contribution in [3.8, 4) is 0 Å². The normalized spacial score (nSPS) is 12.5. The van der Waals surface area contributed by atoms with Crippen LogP contribution in [0, 0.1) is 5.92 Å². The number of carbonyl (C=O) groups is 3. The SMILES string of the molecule is CCCCCCCCCCCCCCC(=O)O[C@@H](COC(=O)CCCCCCCCCCCCC)COC(=O)CCCCCCCCCCC(C)CC. The van der Waals surface area contributed by atoms with Gasteiger partial charge in [-0.15, -0.1) is 0 Å². The average molecular weight is 751 g/mol. The predicted molar refractivity (Wildman–Crippen MR) is 224 cm³/mol. The van der Waals surface area contributed by atoms with Crippen molar-refractivity contribution in [2.24, 2.45) is 5.92 Å². The maximum absolute atomic E-state index is 12.7. The Hall–Kier alpha value is -1.59. The van der Waals surface area contributed by atoms with E-state index in [1.54, 1.807) is 0 Å². The molecule has 0 saturated heterocycles. The Kier molecular flexibility index (Phi) is 40.3. The zero-order valence-electron chi connectivity index (χ0n) is 36.0. The van der Waals surface area contributed by atoms with Gasteiger partial charge in [0.2, 0.25) is 0 Å². The number of ether oxygens (including phenoxy) is 3. The Balaban J connectivity index is 4.34. The fraction of sp³-hybridized carbons (Fsp3) is 0.936. The van der Waals surface area contributed by atoms with E-state index in [9.17, 15) is 14.4 Å². The molecule has 0 aliphatic heterocycles. The third-order valence-electron chi connectivity index (χ3n) is 10.9. The van der Waals surface area contributed by atoms with E-state index in [1.165, 1.54) is 154 Å². The molecule has 0 aliphatic rings. The Labute approximate surface area is 329 Å². The molecule has 0 rings (SSSR count). The van der Waals surface area contributed by atoms with Crippen LogP contribution in [0.4, 0.5) is 0 Å². The van der Waals surface area contributed by atoms with Crippen LogP contribution in [0.25, 0.3) is 0 Å². The minimum atomic E-state index is -0.759. The molecule has 0 amide bonds. The first-order valence-corrected chi connectivity index (χ1v) is 23.4. The standard InChI is InChI=1S/C47H90O6/c1-5-8-10-12-14-16-18-20-22-28-32-36-40-47(50)53-44(41-51-45(48)38-34-30-26-21-19-17-15-13-11-9-6-2)42-52-46(49)39-35-31-27-24-23-25-29-33-37-43(4)7-3/h43-44H,5-42H2,1-4H3/t43?,44-/m0/s1. The molecule has 314 valence electrons. The van der Waals surface area contributed by atoms with Gasteiger partial charge in [0.25, 0.3) is 0 Å². The average Bonchev–Trinajstić information content (AvgIpc) is 3.15. The number of hydrogen-bond acceptors (Lipinski definition) is 6. The van der Waals surface area contributed by atoms with Crippen molar-refractivity contribution in [3.05, 3.63) is 0 Å². The van der Waals surface area contributed by atoms with Gasteiger partial charge in [0.1, 0.15) is 13.2 Å². The highest BCUT2D eigenvalue weighted by molar-refractivity contribution is 5.71. The maximum Gasteiger partial charge on any atom is 0.306 e. The van der Waals surface area contributed by atoms with Gasteiger partial charge in [0.05, 0.1) is 0 Å². The lowest BCUT2D eigenvalue weighted by atomic mass is 9.99. The van der Waals surface area contributed by atoms with Crippen LogP contribution >= 0.6 is 0 Å². The number of carbonyl (C=O) groups excluding carboxylic acids is 3. The van der Waals surface area contributed by atoms with Crippen molar-refractivity contribution in [2.45, 2.75) is 265 Å². The maximum atomic E-state index is 12.7. The van der Waals surface area contributed by atoms with Crippen LogP contribution in [0.2, 0.25) is 0 Å². The summed E-state index contributed by atoms with van der Waals surface area (Å²) in [5.41, 5.74) is 0. The molecule has 0 aromatic carbocycles. The van der Waals surface area contributed by atoms with Crippen molar-refractivity contribution >= 4 is 17.9 Å². The topological polar surface area (TPSA) is 78.9 Å². The molecule has 0 aliphatic carbocycles. The fourth-order valence-corrected chi connectivity index (χ4v) is 6.95. The molecule has 6 heteroatoms. The van der Waals surface area contributed by atoms with E-state index < -0.39 is 6.10 Å². The van der Waals surface area contributed by atoms with E-state index in [0.29, 0.717) is 19.3 Å². The molecule has 0 radical (unpaired) electrons. The molecular formula is C47H90O6. The van der Waals surface area contributed by atoms with Gasteiger partial charge >= 0.3 is 17.9 Å². The zero-order valence-corrected chi connectivity index (χ0v) is 36.0. The summed E-state index contributed by atoms with van der Waals surface area (Å²) in [6, 6.07) is 0. The summed E-state index contributed by atoms with van der Waals surface area (Å²) < 4.78 is 16.7. The number of unbranched alkanes of at least 4 members (excludes halogenated alkanes) is 28. The lowest BCUT2D eigenvalue weighted by Crippen LogP contribution is -2.30. The number of esters is 3. The van der Waals surface area contributed by atoms with E-state index in [2.05, 4.69) is 27.7 Å². The highest BCUT2D eigenvalue weighted by Gasteiger charge is 2.19. The molecule has 0 fully saturated rings. The summed E-state index contributed by atoms with van der Waals surface area (Å²) in [5.74, 6) is -0.00578. The molecule has 0 heterocycles. The van der Waals surface area contributed by atoms with Crippen molar-refractivity contribution in [1.29, 1.82) is 0 Å². The van der Waals surface area contributed by atoms with Crippen molar-refractivity contribution in [1.82, 2.24) is 0 Å². The second-order valence-corrected chi connectivity index (χ2v) is 16.3. The molecule has 2 atom stereocenters. The first-order chi connectivity index (χ1) is 25.9. The lowest BCUT2D eigenvalue weighted by molar-refractivity contribution is -0.167. The Morgan fingerprint density at radius 1 is 0.377 bits per heavy atom. The second kappa shape index (κ2) is 41.6. The fourth-order valence-electron chi connectivity index (χ4n) is 6.95. The monoisotopic (exact) mass is 751 g/mol. The number of rotatable bonds is 42. The van der Waals surface area contributed by atoms with Gasteiger partial charge in [0, 0.05) is 19.3 Å². The molecule has 0 aromatic heterocycles. The van der Waals surface area contributed by atoms with Crippen molar-refractivity contribution in [3.63, 3.8) is 0 Å². The van der Waals surface area contributed by atoms with Crippen LogP contribution in [0.1, 0.15) is 259 Å². The minimum absolute atomic E-state index is 0.0638. The Morgan fingerprint density at radius 2 is 0.660 bits per heavy atom. The highest BCUT2D eigenvalue weighted by atomic mass is 16.6. The van der Waals surface area contributed by atoms with Gasteiger partial charge in [-0.2, -0.15) is 0 Å². The summed E-state index contributed by atoms with van der Waals surface area (Å²) in [7, 11) is 0. The first-order valence-electron chi connectivity index (χ1n) is 23.4. The molecule has 53 heavy (non-hydrogen) atoms. The first kappa shape index (κ1) is 51.4. The predicted octanol–water partition coefficient (Wildman–Crippen LogP) is 14.7. The third-order valence-corrected chi connectivity index (χ3v) is 10.9. The molecule has 0 aromatic rings. The van der Waals surface area contributed by atoms with Gasteiger partial charge < -0.3 is 14.2 Å². The van der Waals surface area contributed by atoms with Gasteiger partial charge in [-0.1, -0.05) is 220 Å². The van der Waals surface area contributed by atoms with Crippen LogP contribution in [0.3, 0.4) is 0 Å². The number of hydrogen-bond donors (Lipinski definition) is 0. The minimum Gasteiger partial charge on any atom is -0.462 e. The van der Waals surface area contributed by atoms with Gasteiger partial charge in [0.15, 0.2) is 6.10 Å². The van der Waals surface area contributed by atoms with Gasteiger partial charge in [-0.05, 0) is 25.2 Å². The highest BCUT2D eigenvalue weighted by Crippen LogP contribution is 2.17. The summed E-state index contributed by atoms with van der Waals surface area (Å²) in [6.07, 6.45) is 40.7. The van der Waals surface area contributed by atoms with Crippen LogP contribution in [-0.4, -0.2) is 37.2 Å². The van der Waals surface area contributed by atoms with Crippen LogP contribution in [-0.2, 0) is 28.6 Å². The quantitative estimate of drug-likeness (QED) is 0.0351.